The molecule has 5 aromatic rings. The number of carbonyl (C=O) groups is 2. The van der Waals surface area contributed by atoms with Gasteiger partial charge in [0.15, 0.2) is 17.0 Å². The Hall–Kier alpha value is -3.74. The van der Waals surface area contributed by atoms with Crippen molar-refractivity contribution in [3.05, 3.63) is 91.9 Å². The first-order chi connectivity index (χ1) is 20.5. The molecule has 43 heavy (non-hydrogen) atoms. The van der Waals surface area contributed by atoms with Gasteiger partial charge in [-0.05, 0) is 68.4 Å². The fourth-order valence-electron chi connectivity index (χ4n) is 5.21. The highest BCUT2D eigenvalue weighted by Crippen LogP contribution is 2.43. The molecule has 1 N–H and O–H groups in total. The number of ether oxygens (including phenoxy) is 1. The van der Waals surface area contributed by atoms with Crippen molar-refractivity contribution in [1.29, 1.82) is 0 Å². The number of halogens is 4. The fourth-order valence-corrected chi connectivity index (χ4v) is 7.52. The van der Waals surface area contributed by atoms with Gasteiger partial charge in [-0.3, -0.25) is 4.79 Å². The highest BCUT2D eigenvalue weighted by molar-refractivity contribution is 7.19. The molecule has 1 unspecified atom stereocenters. The van der Waals surface area contributed by atoms with Crippen LogP contribution >= 0.6 is 34.3 Å². The third kappa shape index (κ3) is 5.91. The van der Waals surface area contributed by atoms with Gasteiger partial charge in [0.2, 0.25) is 0 Å². The molecule has 1 atom stereocenters. The minimum absolute atomic E-state index is 0.0567. The van der Waals surface area contributed by atoms with Gasteiger partial charge in [-0.25, -0.2) is 14.3 Å². The Morgan fingerprint density at radius 3 is 2.56 bits per heavy atom. The summed E-state index contributed by atoms with van der Waals surface area (Å²) in [5.74, 6) is -1.07. The van der Waals surface area contributed by atoms with Crippen molar-refractivity contribution in [3.8, 4) is 10.6 Å². The number of alkyl halides is 3. The summed E-state index contributed by atoms with van der Waals surface area (Å²) in [6, 6.07) is 15.3. The Balaban J connectivity index is 1.36. The predicted molar refractivity (Wildman–Crippen MR) is 160 cm³/mol. The van der Waals surface area contributed by atoms with E-state index < -0.39 is 23.7 Å². The van der Waals surface area contributed by atoms with Crippen LogP contribution in [0, 0.1) is 0 Å². The maximum atomic E-state index is 14.0. The molecular weight excluding hydrogens is 621 g/mol. The average molecular weight is 645 g/mol. The zero-order chi connectivity index (χ0) is 30.5. The molecule has 0 aliphatic heterocycles. The number of aromatic nitrogens is 3. The minimum Gasteiger partial charge on any atom is -0.459 e. The fraction of sp³-hybridized carbons (Fsp3) is 0.267. The molecule has 13 heteroatoms. The average Bonchev–Trinajstić information content (AvgIpc) is 3.67. The third-order valence-electron chi connectivity index (χ3n) is 7.09. The molecule has 1 aliphatic rings. The molecule has 6 rings (SSSR count). The number of amides is 1. The van der Waals surface area contributed by atoms with Gasteiger partial charge in [-0.1, -0.05) is 41.9 Å². The van der Waals surface area contributed by atoms with E-state index in [1.165, 1.54) is 23.0 Å². The van der Waals surface area contributed by atoms with Crippen molar-refractivity contribution in [1.82, 2.24) is 14.6 Å². The quantitative estimate of drug-likeness (QED) is 0.188. The van der Waals surface area contributed by atoms with Crippen LogP contribution in [0.4, 0.5) is 18.2 Å². The van der Waals surface area contributed by atoms with Crippen LogP contribution in [0.3, 0.4) is 0 Å². The van der Waals surface area contributed by atoms with Gasteiger partial charge in [0.1, 0.15) is 5.00 Å². The summed E-state index contributed by atoms with van der Waals surface area (Å²) in [7, 11) is 0. The van der Waals surface area contributed by atoms with Crippen molar-refractivity contribution in [3.63, 3.8) is 0 Å². The maximum absolute atomic E-state index is 14.0. The molecule has 1 amide bonds. The van der Waals surface area contributed by atoms with Crippen molar-refractivity contribution in [2.45, 2.75) is 51.3 Å². The number of carbonyl (C=O) groups excluding carboxylic acids is 2. The molecular formula is C30H24ClF3N4O3S2. The summed E-state index contributed by atoms with van der Waals surface area (Å²) < 4.78 is 48.7. The second kappa shape index (κ2) is 11.4. The summed E-state index contributed by atoms with van der Waals surface area (Å²) in [6.45, 7) is 3.47. The monoisotopic (exact) mass is 644 g/mol. The molecule has 4 aromatic heterocycles. The van der Waals surface area contributed by atoms with Gasteiger partial charge in [0, 0.05) is 10.9 Å². The standard InChI is InChI=1S/C30H24ClF3N4O3S2/c1-15(2)41-29(40)26-18-9-8-17(16-6-4-3-5-7-16)12-22(18)43-28(26)36-27(39)20-14-25-35-19(21-10-11-24(31)42-21)13-23(30(32,33)34)38(25)37-20/h3-7,10-11,13-15,17H,8-9,12H2,1-2H3,(H,36,39). The molecule has 1 aromatic carbocycles. The van der Waals surface area contributed by atoms with Gasteiger partial charge >= 0.3 is 12.1 Å². The molecule has 222 valence electrons. The van der Waals surface area contributed by atoms with Gasteiger partial charge in [0.25, 0.3) is 5.91 Å². The number of fused-ring (bicyclic) bond motifs is 2. The first-order valence-corrected chi connectivity index (χ1v) is 15.4. The van der Waals surface area contributed by atoms with E-state index in [9.17, 15) is 22.8 Å². The van der Waals surface area contributed by atoms with E-state index in [1.54, 1.807) is 26.0 Å². The Kier molecular flexibility index (Phi) is 7.78. The Morgan fingerprint density at radius 2 is 1.88 bits per heavy atom. The second-order valence-electron chi connectivity index (χ2n) is 10.4. The predicted octanol–water partition coefficient (Wildman–Crippen LogP) is 8.28. The number of nitrogens with zero attached hydrogens (tertiary/aromatic N) is 3. The molecule has 4 heterocycles. The lowest BCUT2D eigenvalue weighted by Crippen LogP contribution is -2.19. The number of thiophene rings is 2. The minimum atomic E-state index is -4.77. The number of anilines is 1. The van der Waals surface area contributed by atoms with Crippen molar-refractivity contribution >= 4 is 56.8 Å². The third-order valence-corrected chi connectivity index (χ3v) is 9.51. The number of hydrogen-bond acceptors (Lipinski definition) is 7. The number of esters is 1. The van der Waals surface area contributed by atoms with Crippen molar-refractivity contribution in [2.75, 3.05) is 5.32 Å². The lowest BCUT2D eigenvalue weighted by Gasteiger charge is -2.23. The van der Waals surface area contributed by atoms with Gasteiger partial charge < -0.3 is 10.1 Å². The Morgan fingerprint density at radius 1 is 1.12 bits per heavy atom. The molecule has 0 radical (unpaired) electrons. The van der Waals surface area contributed by atoms with Gasteiger partial charge in [-0.2, -0.15) is 18.3 Å². The van der Waals surface area contributed by atoms with E-state index in [4.69, 9.17) is 16.3 Å². The van der Waals surface area contributed by atoms with E-state index in [1.807, 2.05) is 18.2 Å². The molecule has 0 spiro atoms. The van der Waals surface area contributed by atoms with Crippen LogP contribution in [0.15, 0.2) is 54.6 Å². The second-order valence-corrected chi connectivity index (χ2v) is 13.2. The van der Waals surface area contributed by atoms with Gasteiger partial charge in [0.05, 0.1) is 26.6 Å². The van der Waals surface area contributed by atoms with E-state index in [0.717, 1.165) is 34.3 Å². The molecule has 0 saturated heterocycles. The lowest BCUT2D eigenvalue weighted by atomic mass is 9.83. The number of rotatable bonds is 6. The number of benzene rings is 1. The zero-order valence-corrected chi connectivity index (χ0v) is 25.3. The van der Waals surface area contributed by atoms with Crippen LogP contribution < -0.4 is 5.32 Å². The first kappa shape index (κ1) is 29.3. The Bertz CT molecular complexity index is 1850. The molecule has 0 bridgehead atoms. The van der Waals surface area contributed by atoms with Crippen molar-refractivity contribution < 1.29 is 27.5 Å². The van der Waals surface area contributed by atoms with Crippen LogP contribution in [0.1, 0.15) is 68.7 Å². The van der Waals surface area contributed by atoms with Crippen LogP contribution in [0.2, 0.25) is 4.34 Å². The van der Waals surface area contributed by atoms with E-state index in [-0.39, 0.29) is 39.6 Å². The Labute approximate surface area is 257 Å². The number of nitrogens with one attached hydrogen (secondary N) is 1. The van der Waals surface area contributed by atoms with E-state index >= 15 is 0 Å². The molecule has 7 nitrogen and oxygen atoms in total. The van der Waals surface area contributed by atoms with Crippen LogP contribution in [-0.4, -0.2) is 32.6 Å². The van der Waals surface area contributed by atoms with Crippen LogP contribution in [-0.2, 0) is 23.8 Å². The molecule has 0 saturated carbocycles. The first-order valence-electron chi connectivity index (χ1n) is 13.4. The van der Waals surface area contributed by atoms with Crippen LogP contribution in [0.5, 0.6) is 0 Å². The van der Waals surface area contributed by atoms with E-state index in [0.29, 0.717) is 26.6 Å². The summed E-state index contributed by atoms with van der Waals surface area (Å²) in [4.78, 5) is 32.4. The van der Waals surface area contributed by atoms with Crippen molar-refractivity contribution in [2.24, 2.45) is 0 Å². The largest absolute Gasteiger partial charge is 0.459 e. The zero-order valence-electron chi connectivity index (χ0n) is 22.9. The summed E-state index contributed by atoms with van der Waals surface area (Å²) in [5, 5.41) is 6.98. The summed E-state index contributed by atoms with van der Waals surface area (Å²) >= 11 is 8.36. The number of hydrogen-bond donors (Lipinski definition) is 1. The van der Waals surface area contributed by atoms with E-state index in [2.05, 4.69) is 27.5 Å². The molecule has 1 aliphatic carbocycles. The maximum Gasteiger partial charge on any atom is 0.433 e. The SMILES string of the molecule is CC(C)OC(=O)c1c(NC(=O)c2cc3nc(-c4ccc(Cl)s4)cc(C(F)(F)F)n3n2)sc2c1CCC(c1ccccc1)C2. The van der Waals surface area contributed by atoms with Crippen LogP contribution in [0.25, 0.3) is 16.2 Å². The smallest absolute Gasteiger partial charge is 0.433 e. The van der Waals surface area contributed by atoms with Gasteiger partial charge in [-0.15, -0.1) is 22.7 Å². The summed E-state index contributed by atoms with van der Waals surface area (Å²) in [6.07, 6.45) is -3.03. The highest BCUT2D eigenvalue weighted by Gasteiger charge is 2.36. The normalized spacial score (nSPS) is 15.1. The highest BCUT2D eigenvalue weighted by atomic mass is 35.5. The summed E-state index contributed by atoms with van der Waals surface area (Å²) in [5.41, 5.74) is 0.834. The topological polar surface area (TPSA) is 85.6 Å². The molecule has 0 fully saturated rings. The lowest BCUT2D eigenvalue weighted by molar-refractivity contribution is -0.142.